The molecule has 0 aromatic heterocycles. The predicted octanol–water partition coefficient (Wildman–Crippen LogP) is 7.02. The van der Waals surface area contributed by atoms with Crippen molar-refractivity contribution in [2.45, 2.75) is 52.5 Å². The zero-order valence-electron chi connectivity index (χ0n) is 17.4. The second kappa shape index (κ2) is 6.83. The van der Waals surface area contributed by atoms with Crippen LogP contribution in [0.25, 0.3) is 5.57 Å². The van der Waals surface area contributed by atoms with E-state index in [1.54, 1.807) is 0 Å². The van der Waals surface area contributed by atoms with Crippen molar-refractivity contribution in [1.29, 1.82) is 0 Å². The highest BCUT2D eigenvalue weighted by atomic mass is 35.5. The van der Waals surface area contributed by atoms with Crippen molar-refractivity contribution < 1.29 is 0 Å². The summed E-state index contributed by atoms with van der Waals surface area (Å²) in [5.74, 6) is 0. The van der Waals surface area contributed by atoms with Gasteiger partial charge in [-0.05, 0) is 61.6 Å². The third-order valence-corrected chi connectivity index (χ3v) is 5.75. The number of halogens is 1. The normalized spacial score (nSPS) is 16.4. The molecule has 0 fully saturated rings. The lowest BCUT2D eigenvalue weighted by Gasteiger charge is -2.40. The van der Waals surface area contributed by atoms with Gasteiger partial charge in [0.1, 0.15) is 0 Å². The van der Waals surface area contributed by atoms with Crippen molar-refractivity contribution in [3.05, 3.63) is 64.2 Å². The highest BCUT2D eigenvalue weighted by Crippen LogP contribution is 2.40. The van der Waals surface area contributed by atoms with E-state index in [1.165, 1.54) is 16.7 Å². The summed E-state index contributed by atoms with van der Waals surface area (Å²) in [6, 6.07) is 12.6. The molecule has 0 amide bonds. The average Bonchev–Trinajstić information content (AvgIpc) is 2.57. The molecule has 0 saturated heterocycles. The Bertz CT molecular complexity index is 913. The fourth-order valence-electron chi connectivity index (χ4n) is 3.48. The second-order valence-electron chi connectivity index (χ2n) is 8.99. The van der Waals surface area contributed by atoms with Crippen LogP contribution in [-0.2, 0) is 5.41 Å². The predicted molar refractivity (Wildman–Crippen MR) is 120 cm³/mol. The Morgan fingerprint density at radius 3 is 2.30 bits per heavy atom. The van der Waals surface area contributed by atoms with Gasteiger partial charge in [0.25, 0.3) is 0 Å². The number of anilines is 1. The largest absolute Gasteiger partial charge is 0.365 e. The molecule has 1 aliphatic rings. The summed E-state index contributed by atoms with van der Waals surface area (Å²) in [5, 5.41) is 0.723. The molecule has 1 aliphatic heterocycles. The number of hydrogen-bond acceptors (Lipinski definition) is 2. The van der Waals surface area contributed by atoms with Gasteiger partial charge < -0.3 is 4.90 Å². The minimum atomic E-state index is -0.0230. The van der Waals surface area contributed by atoms with Gasteiger partial charge in [-0.1, -0.05) is 50.6 Å². The Morgan fingerprint density at radius 1 is 1.07 bits per heavy atom. The molecular formula is C24H29ClN2. The third-order valence-electron chi connectivity index (χ3n) is 5.42. The zero-order valence-corrected chi connectivity index (χ0v) is 18.1. The number of hydrogen-bond donors (Lipinski definition) is 0. The fourth-order valence-corrected chi connectivity index (χ4v) is 3.68. The van der Waals surface area contributed by atoms with E-state index in [0.29, 0.717) is 0 Å². The van der Waals surface area contributed by atoms with Crippen LogP contribution < -0.4 is 4.90 Å². The van der Waals surface area contributed by atoms with Gasteiger partial charge in [-0.3, -0.25) is 4.99 Å². The first-order chi connectivity index (χ1) is 12.5. The van der Waals surface area contributed by atoms with Crippen LogP contribution in [0.2, 0.25) is 5.02 Å². The lowest BCUT2D eigenvalue weighted by atomic mass is 9.87. The van der Waals surface area contributed by atoms with E-state index in [-0.39, 0.29) is 11.0 Å². The van der Waals surface area contributed by atoms with E-state index >= 15 is 0 Å². The number of allylic oxidation sites excluding steroid dienone is 1. The lowest BCUT2D eigenvalue weighted by Crippen LogP contribution is -2.42. The first kappa shape index (κ1) is 19.7. The maximum atomic E-state index is 6.58. The van der Waals surface area contributed by atoms with Crippen LogP contribution in [0, 0.1) is 0 Å². The van der Waals surface area contributed by atoms with Crippen LogP contribution in [0.15, 0.2) is 47.5 Å². The topological polar surface area (TPSA) is 15.6 Å². The Labute approximate surface area is 168 Å². The molecule has 0 N–H and O–H groups in total. The lowest BCUT2D eigenvalue weighted by molar-refractivity contribution is 0.590. The minimum absolute atomic E-state index is 0.0230. The fraction of sp³-hybridized carbons (Fsp3) is 0.375. The quantitative estimate of drug-likeness (QED) is 0.511. The number of benzene rings is 2. The monoisotopic (exact) mass is 380 g/mol. The molecular weight excluding hydrogens is 352 g/mol. The molecule has 0 atom stereocenters. The van der Waals surface area contributed by atoms with Crippen LogP contribution >= 0.6 is 11.6 Å². The maximum Gasteiger partial charge on any atom is 0.0630 e. The van der Waals surface area contributed by atoms with Crippen molar-refractivity contribution >= 4 is 34.8 Å². The zero-order chi connectivity index (χ0) is 20.0. The summed E-state index contributed by atoms with van der Waals surface area (Å²) in [5.41, 5.74) is 6.95. The summed E-state index contributed by atoms with van der Waals surface area (Å²) in [6.45, 7) is 13.2. The van der Waals surface area contributed by atoms with Crippen molar-refractivity contribution in [1.82, 2.24) is 0 Å². The van der Waals surface area contributed by atoms with Gasteiger partial charge >= 0.3 is 0 Å². The highest BCUT2D eigenvalue weighted by Gasteiger charge is 2.29. The molecule has 2 aromatic carbocycles. The summed E-state index contributed by atoms with van der Waals surface area (Å²) >= 11 is 6.58. The summed E-state index contributed by atoms with van der Waals surface area (Å²) in [4.78, 5) is 6.91. The number of fused-ring (bicyclic) bond motifs is 1. The summed E-state index contributed by atoms with van der Waals surface area (Å²) < 4.78 is 0. The van der Waals surface area contributed by atoms with Gasteiger partial charge in [0.2, 0.25) is 0 Å². The van der Waals surface area contributed by atoms with Gasteiger partial charge in [-0.15, -0.1) is 0 Å². The maximum absolute atomic E-state index is 6.58. The number of aliphatic imine (C=N–C) groups is 1. The van der Waals surface area contributed by atoms with E-state index in [9.17, 15) is 0 Å². The van der Waals surface area contributed by atoms with Crippen molar-refractivity contribution in [2.75, 3.05) is 11.9 Å². The van der Waals surface area contributed by atoms with Gasteiger partial charge in [0.05, 0.1) is 16.2 Å². The van der Waals surface area contributed by atoms with E-state index in [1.807, 2.05) is 6.21 Å². The Kier molecular flexibility index (Phi) is 4.98. The average molecular weight is 381 g/mol. The molecule has 142 valence electrons. The smallest absolute Gasteiger partial charge is 0.0630 e. The van der Waals surface area contributed by atoms with Crippen LogP contribution in [0.5, 0.6) is 0 Å². The van der Waals surface area contributed by atoms with E-state index < -0.39 is 0 Å². The number of likely N-dealkylation sites (N-methyl/N-ethyl adjacent to an activating group) is 1. The number of nitrogens with zero attached hydrogens (tertiary/aromatic N) is 2. The highest BCUT2D eigenvalue weighted by molar-refractivity contribution is 6.33. The van der Waals surface area contributed by atoms with E-state index in [2.05, 4.69) is 101 Å². The van der Waals surface area contributed by atoms with Crippen molar-refractivity contribution in [3.8, 4) is 0 Å². The molecule has 3 rings (SSSR count). The minimum Gasteiger partial charge on any atom is -0.365 e. The SMILES string of the molecule is CC1=CC(C)(C)N(C)c2cc(Cl)c(C=Nc3ccc(C(C)(C)C)cc3)cc21. The second-order valence-corrected chi connectivity index (χ2v) is 9.39. The van der Waals surface area contributed by atoms with Gasteiger partial charge in [-0.2, -0.15) is 0 Å². The molecule has 0 aliphatic carbocycles. The molecule has 0 saturated carbocycles. The van der Waals surface area contributed by atoms with Gasteiger partial charge in [0.15, 0.2) is 0 Å². The van der Waals surface area contributed by atoms with E-state index in [0.717, 1.165) is 22.0 Å². The molecule has 27 heavy (non-hydrogen) atoms. The molecule has 0 radical (unpaired) electrons. The molecule has 2 nitrogen and oxygen atoms in total. The van der Waals surface area contributed by atoms with Crippen LogP contribution in [0.4, 0.5) is 11.4 Å². The van der Waals surface area contributed by atoms with Crippen LogP contribution in [0.3, 0.4) is 0 Å². The molecule has 0 spiro atoms. The molecule has 3 heteroatoms. The van der Waals surface area contributed by atoms with E-state index in [4.69, 9.17) is 11.6 Å². The van der Waals surface area contributed by atoms with Gasteiger partial charge in [0, 0.05) is 30.1 Å². The van der Waals surface area contributed by atoms with Crippen LogP contribution in [-0.4, -0.2) is 18.8 Å². The third kappa shape index (κ3) is 3.96. The van der Waals surface area contributed by atoms with Crippen LogP contribution in [0.1, 0.15) is 58.2 Å². The molecule has 2 aromatic rings. The molecule has 0 bridgehead atoms. The first-order valence-corrected chi connectivity index (χ1v) is 9.79. The Morgan fingerprint density at radius 2 is 1.70 bits per heavy atom. The van der Waals surface area contributed by atoms with Gasteiger partial charge in [-0.25, -0.2) is 0 Å². The molecule has 1 heterocycles. The Hall–Kier alpha value is -2.06. The summed E-state index contributed by atoms with van der Waals surface area (Å²) in [7, 11) is 2.11. The standard InChI is InChI=1S/C24H29ClN2/c1-16-14-24(5,6)27(7)22-13-21(25)17(12-20(16)22)15-26-19-10-8-18(9-11-19)23(2,3)4/h8-15H,1-7H3. The summed E-state index contributed by atoms with van der Waals surface area (Å²) in [6.07, 6.45) is 4.16. The molecule has 0 unspecified atom stereocenters. The number of rotatable bonds is 2. The first-order valence-electron chi connectivity index (χ1n) is 9.41. The van der Waals surface area contributed by atoms with Crippen molar-refractivity contribution in [2.24, 2.45) is 4.99 Å². The van der Waals surface area contributed by atoms with Crippen molar-refractivity contribution in [3.63, 3.8) is 0 Å². The Balaban J connectivity index is 1.93.